The molecule has 0 spiro atoms. The lowest BCUT2D eigenvalue weighted by Gasteiger charge is -2.02. The van der Waals surface area contributed by atoms with Crippen LogP contribution in [0.3, 0.4) is 0 Å². The number of thiophene rings is 1. The molecule has 0 fully saturated rings. The van der Waals surface area contributed by atoms with Crippen molar-refractivity contribution in [2.75, 3.05) is 0 Å². The van der Waals surface area contributed by atoms with Crippen LogP contribution >= 0.6 is 22.9 Å². The van der Waals surface area contributed by atoms with Crippen molar-refractivity contribution >= 4 is 22.9 Å². The molecule has 1 N–H and O–H groups in total. The predicted octanol–water partition coefficient (Wildman–Crippen LogP) is 2.35. The normalized spacial score (nSPS) is 12.5. The van der Waals surface area contributed by atoms with E-state index in [0.29, 0.717) is 9.90 Å². The summed E-state index contributed by atoms with van der Waals surface area (Å²) in [6.07, 6.45) is -0.632. The van der Waals surface area contributed by atoms with Crippen molar-refractivity contribution in [1.82, 2.24) is 0 Å². The first kappa shape index (κ1) is 8.54. The van der Waals surface area contributed by atoms with Gasteiger partial charge in [0.05, 0.1) is 22.4 Å². The quantitative estimate of drug-likeness (QED) is 0.773. The Morgan fingerprint density at radius 1 is 1.82 bits per heavy atom. The van der Waals surface area contributed by atoms with E-state index < -0.39 is 6.10 Å². The molecular formula is C7H6ClNOS. The van der Waals surface area contributed by atoms with Crippen LogP contribution < -0.4 is 0 Å². The number of hydrogen-bond donors (Lipinski definition) is 1. The van der Waals surface area contributed by atoms with Gasteiger partial charge in [-0.05, 0) is 11.4 Å². The van der Waals surface area contributed by atoms with E-state index in [1.54, 1.807) is 11.4 Å². The van der Waals surface area contributed by atoms with Crippen LogP contribution in [0.1, 0.15) is 17.4 Å². The number of rotatable bonds is 2. The van der Waals surface area contributed by atoms with E-state index in [1.165, 1.54) is 11.3 Å². The standard InChI is InChI=1S/C7H6ClNOS/c8-5-2-4-11-7(5)6(10)1-3-9/h2,4,6,10H,1H2. The number of aliphatic hydroxyl groups excluding tert-OH is 1. The second-order valence-corrected chi connectivity index (χ2v) is 3.37. The van der Waals surface area contributed by atoms with Crippen molar-refractivity contribution in [2.45, 2.75) is 12.5 Å². The molecule has 4 heteroatoms. The SMILES string of the molecule is N#CCC(O)c1sccc1Cl. The first-order valence-electron chi connectivity index (χ1n) is 3.03. The summed E-state index contributed by atoms with van der Waals surface area (Å²) in [4.78, 5) is 0.674. The lowest BCUT2D eigenvalue weighted by atomic mass is 10.2. The van der Waals surface area contributed by atoms with Crippen molar-refractivity contribution in [3.8, 4) is 6.07 Å². The molecule has 0 saturated carbocycles. The fraction of sp³-hybridized carbons (Fsp3) is 0.286. The van der Waals surface area contributed by atoms with Gasteiger partial charge in [0.2, 0.25) is 0 Å². The van der Waals surface area contributed by atoms with Gasteiger partial charge in [0, 0.05) is 0 Å². The molecule has 1 aromatic rings. The minimum absolute atomic E-state index is 0.0975. The van der Waals surface area contributed by atoms with Crippen LogP contribution in [-0.2, 0) is 0 Å². The summed E-state index contributed by atoms with van der Waals surface area (Å²) in [5.74, 6) is 0. The highest BCUT2D eigenvalue weighted by molar-refractivity contribution is 7.10. The summed E-state index contributed by atoms with van der Waals surface area (Å²) >= 11 is 7.08. The van der Waals surface area contributed by atoms with E-state index in [0.717, 1.165) is 0 Å². The molecule has 11 heavy (non-hydrogen) atoms. The van der Waals surface area contributed by atoms with Crippen LogP contribution in [0.4, 0.5) is 0 Å². The molecule has 58 valence electrons. The van der Waals surface area contributed by atoms with Crippen LogP contribution in [0.5, 0.6) is 0 Å². The predicted molar refractivity (Wildman–Crippen MR) is 44.5 cm³/mol. The molecule has 0 amide bonds. The van der Waals surface area contributed by atoms with Crippen molar-refractivity contribution in [1.29, 1.82) is 5.26 Å². The smallest absolute Gasteiger partial charge is 0.103 e. The Hall–Kier alpha value is -0.560. The third kappa shape index (κ3) is 1.93. The lowest BCUT2D eigenvalue weighted by molar-refractivity contribution is 0.187. The minimum Gasteiger partial charge on any atom is -0.386 e. The number of aliphatic hydroxyl groups is 1. The molecule has 1 atom stereocenters. The van der Waals surface area contributed by atoms with Gasteiger partial charge in [-0.25, -0.2) is 0 Å². The van der Waals surface area contributed by atoms with Gasteiger partial charge in [-0.15, -0.1) is 11.3 Å². The molecule has 0 aliphatic heterocycles. The third-order valence-corrected chi connectivity index (χ3v) is 2.69. The van der Waals surface area contributed by atoms with Gasteiger partial charge in [-0.3, -0.25) is 0 Å². The van der Waals surface area contributed by atoms with Gasteiger partial charge < -0.3 is 5.11 Å². The van der Waals surface area contributed by atoms with Crippen LogP contribution in [0.2, 0.25) is 5.02 Å². The van der Waals surface area contributed by atoms with Gasteiger partial charge in [0.15, 0.2) is 0 Å². The average molecular weight is 188 g/mol. The summed E-state index contributed by atoms with van der Waals surface area (Å²) in [6, 6.07) is 3.59. The Morgan fingerprint density at radius 2 is 2.55 bits per heavy atom. The van der Waals surface area contributed by atoms with E-state index >= 15 is 0 Å². The Kier molecular flexibility index (Phi) is 2.89. The molecule has 1 heterocycles. The second-order valence-electron chi connectivity index (χ2n) is 2.01. The average Bonchev–Trinajstić information content (AvgIpc) is 2.36. The first-order chi connectivity index (χ1) is 5.25. The van der Waals surface area contributed by atoms with Gasteiger partial charge in [0.25, 0.3) is 0 Å². The second kappa shape index (κ2) is 3.72. The van der Waals surface area contributed by atoms with E-state index in [2.05, 4.69) is 0 Å². The zero-order valence-electron chi connectivity index (χ0n) is 5.62. The van der Waals surface area contributed by atoms with Crippen molar-refractivity contribution < 1.29 is 5.11 Å². The van der Waals surface area contributed by atoms with Gasteiger partial charge in [-0.2, -0.15) is 5.26 Å². The van der Waals surface area contributed by atoms with E-state index in [9.17, 15) is 5.11 Å². The molecule has 0 aromatic carbocycles. The molecule has 0 aliphatic carbocycles. The van der Waals surface area contributed by atoms with Crippen molar-refractivity contribution in [2.24, 2.45) is 0 Å². The Bertz CT molecular complexity index is 278. The zero-order valence-corrected chi connectivity index (χ0v) is 7.19. The van der Waals surface area contributed by atoms with E-state index in [4.69, 9.17) is 16.9 Å². The van der Waals surface area contributed by atoms with Gasteiger partial charge >= 0.3 is 0 Å². The number of halogens is 1. The highest BCUT2D eigenvalue weighted by Crippen LogP contribution is 2.29. The summed E-state index contributed by atoms with van der Waals surface area (Å²) in [5, 5.41) is 19.9. The lowest BCUT2D eigenvalue weighted by Crippen LogP contribution is -1.92. The summed E-state index contributed by atoms with van der Waals surface area (Å²) in [5.41, 5.74) is 0. The molecule has 0 saturated heterocycles. The molecule has 0 bridgehead atoms. The molecule has 1 aromatic heterocycles. The summed E-state index contributed by atoms with van der Waals surface area (Å²) in [6.45, 7) is 0. The van der Waals surface area contributed by atoms with E-state index in [1.807, 2.05) is 6.07 Å². The van der Waals surface area contributed by atoms with Crippen molar-refractivity contribution in [3.63, 3.8) is 0 Å². The van der Waals surface area contributed by atoms with Gasteiger partial charge in [0.1, 0.15) is 6.10 Å². The van der Waals surface area contributed by atoms with Crippen molar-refractivity contribution in [3.05, 3.63) is 21.3 Å². The topological polar surface area (TPSA) is 44.0 Å². The van der Waals surface area contributed by atoms with Gasteiger partial charge in [-0.1, -0.05) is 11.6 Å². The molecule has 1 unspecified atom stereocenters. The van der Waals surface area contributed by atoms with Crippen LogP contribution in [0.25, 0.3) is 0 Å². The molecule has 0 aliphatic rings. The largest absolute Gasteiger partial charge is 0.386 e. The van der Waals surface area contributed by atoms with Crippen LogP contribution in [0.15, 0.2) is 11.4 Å². The number of nitrogens with zero attached hydrogens (tertiary/aromatic N) is 1. The zero-order chi connectivity index (χ0) is 8.27. The molecule has 0 radical (unpaired) electrons. The third-order valence-electron chi connectivity index (χ3n) is 1.23. The molecular weight excluding hydrogens is 182 g/mol. The Balaban J connectivity index is 2.77. The highest BCUT2D eigenvalue weighted by atomic mass is 35.5. The fourth-order valence-corrected chi connectivity index (χ4v) is 1.89. The maximum atomic E-state index is 9.29. The number of hydrogen-bond acceptors (Lipinski definition) is 3. The van der Waals surface area contributed by atoms with E-state index in [-0.39, 0.29) is 6.42 Å². The maximum Gasteiger partial charge on any atom is 0.103 e. The summed E-state index contributed by atoms with van der Waals surface area (Å²) < 4.78 is 0. The monoisotopic (exact) mass is 187 g/mol. The molecule has 2 nitrogen and oxygen atoms in total. The number of nitriles is 1. The Labute approximate surface area is 73.7 Å². The summed E-state index contributed by atoms with van der Waals surface area (Å²) in [7, 11) is 0. The van der Waals surface area contributed by atoms with Crippen LogP contribution in [0, 0.1) is 11.3 Å². The fourth-order valence-electron chi connectivity index (χ4n) is 0.722. The van der Waals surface area contributed by atoms with Crippen LogP contribution in [-0.4, -0.2) is 5.11 Å². The Morgan fingerprint density at radius 3 is 3.00 bits per heavy atom. The molecule has 1 rings (SSSR count). The highest BCUT2D eigenvalue weighted by Gasteiger charge is 2.11. The first-order valence-corrected chi connectivity index (χ1v) is 4.29. The minimum atomic E-state index is -0.729. The maximum absolute atomic E-state index is 9.29.